The van der Waals surface area contributed by atoms with Gasteiger partial charge in [-0.2, -0.15) is 0 Å². The fraction of sp³-hybridized carbons (Fsp3) is 0.167. The van der Waals surface area contributed by atoms with Crippen LogP contribution in [0, 0.1) is 17.4 Å². The van der Waals surface area contributed by atoms with Crippen LogP contribution in [-0.4, -0.2) is 10.2 Å². The molecular formula is C12H11ClIN3. The summed E-state index contributed by atoms with van der Waals surface area (Å²) in [5.41, 5.74) is 2.97. The molecule has 1 aromatic carbocycles. The van der Waals surface area contributed by atoms with Crippen molar-refractivity contribution in [1.82, 2.24) is 10.2 Å². The van der Waals surface area contributed by atoms with Crippen molar-refractivity contribution in [2.75, 3.05) is 5.32 Å². The Bertz CT molecular complexity index is 557. The second-order valence-electron chi connectivity index (χ2n) is 3.72. The predicted molar refractivity (Wildman–Crippen MR) is 79.0 cm³/mol. The monoisotopic (exact) mass is 359 g/mol. The molecule has 0 aliphatic rings. The van der Waals surface area contributed by atoms with Crippen LogP contribution < -0.4 is 5.32 Å². The molecule has 1 heterocycles. The molecule has 0 radical (unpaired) electrons. The van der Waals surface area contributed by atoms with E-state index in [0.717, 1.165) is 22.6 Å². The number of anilines is 2. The number of nitrogens with one attached hydrogen (secondary N) is 1. The molecule has 0 amide bonds. The van der Waals surface area contributed by atoms with Gasteiger partial charge < -0.3 is 5.32 Å². The average molecular weight is 360 g/mol. The summed E-state index contributed by atoms with van der Waals surface area (Å²) in [7, 11) is 0. The summed E-state index contributed by atoms with van der Waals surface area (Å²) >= 11 is 8.18. The lowest BCUT2D eigenvalue weighted by molar-refractivity contribution is 1.00. The third-order valence-corrected chi connectivity index (χ3v) is 3.58. The molecule has 3 nitrogen and oxygen atoms in total. The van der Waals surface area contributed by atoms with Crippen molar-refractivity contribution in [2.45, 2.75) is 13.8 Å². The van der Waals surface area contributed by atoms with Crippen LogP contribution in [0.25, 0.3) is 0 Å². The molecule has 0 unspecified atom stereocenters. The molecule has 1 aromatic heterocycles. The summed E-state index contributed by atoms with van der Waals surface area (Å²) in [5.74, 6) is 0.744. The van der Waals surface area contributed by atoms with Crippen LogP contribution in [0.3, 0.4) is 0 Å². The van der Waals surface area contributed by atoms with Crippen molar-refractivity contribution in [2.24, 2.45) is 0 Å². The van der Waals surface area contributed by atoms with Gasteiger partial charge in [0, 0.05) is 9.26 Å². The molecule has 0 saturated heterocycles. The van der Waals surface area contributed by atoms with Gasteiger partial charge in [0.15, 0.2) is 11.0 Å². The van der Waals surface area contributed by atoms with Crippen LogP contribution >= 0.6 is 34.2 Å². The van der Waals surface area contributed by atoms with Gasteiger partial charge in [0.05, 0.1) is 0 Å². The number of hydrogen-bond donors (Lipinski definition) is 1. The van der Waals surface area contributed by atoms with Crippen LogP contribution in [0.5, 0.6) is 0 Å². The standard InChI is InChI=1S/C12H11ClIN3/c1-7-8(2)12(17-16-11(7)13)15-10-5-3-4-9(14)6-10/h3-6H,1-2H3,(H,15,17). The molecule has 0 bridgehead atoms. The zero-order valence-electron chi connectivity index (χ0n) is 9.46. The van der Waals surface area contributed by atoms with E-state index in [2.05, 4.69) is 38.1 Å². The summed E-state index contributed by atoms with van der Waals surface area (Å²) in [5, 5.41) is 11.7. The smallest absolute Gasteiger partial charge is 0.156 e. The van der Waals surface area contributed by atoms with Gasteiger partial charge in [-0.3, -0.25) is 0 Å². The summed E-state index contributed by atoms with van der Waals surface area (Å²) < 4.78 is 1.17. The Morgan fingerprint density at radius 2 is 1.94 bits per heavy atom. The number of nitrogens with zero attached hydrogens (tertiary/aromatic N) is 2. The Balaban J connectivity index is 2.34. The van der Waals surface area contributed by atoms with Gasteiger partial charge in [-0.15, -0.1) is 10.2 Å². The van der Waals surface area contributed by atoms with Crippen LogP contribution in [0.1, 0.15) is 11.1 Å². The first-order valence-corrected chi connectivity index (χ1v) is 6.55. The Hall–Kier alpha value is -0.880. The molecular weight excluding hydrogens is 349 g/mol. The Kier molecular flexibility index (Phi) is 3.83. The van der Waals surface area contributed by atoms with Crippen molar-refractivity contribution >= 4 is 45.7 Å². The first kappa shape index (κ1) is 12.6. The van der Waals surface area contributed by atoms with Crippen LogP contribution in [-0.2, 0) is 0 Å². The van der Waals surface area contributed by atoms with E-state index in [1.165, 1.54) is 3.57 Å². The van der Waals surface area contributed by atoms with Gasteiger partial charge in [-0.25, -0.2) is 0 Å². The second-order valence-corrected chi connectivity index (χ2v) is 5.33. The Morgan fingerprint density at radius 3 is 2.65 bits per heavy atom. The zero-order valence-corrected chi connectivity index (χ0v) is 12.4. The average Bonchev–Trinajstić information content (AvgIpc) is 2.30. The van der Waals surface area contributed by atoms with Crippen LogP contribution in [0.15, 0.2) is 24.3 Å². The minimum absolute atomic E-state index is 0.454. The van der Waals surface area contributed by atoms with Gasteiger partial charge in [0.25, 0.3) is 0 Å². The number of benzene rings is 1. The van der Waals surface area contributed by atoms with Crippen molar-refractivity contribution in [3.63, 3.8) is 0 Å². The molecule has 2 rings (SSSR count). The highest BCUT2D eigenvalue weighted by Gasteiger charge is 2.08. The van der Waals surface area contributed by atoms with Gasteiger partial charge >= 0.3 is 0 Å². The van der Waals surface area contributed by atoms with Crippen molar-refractivity contribution in [3.05, 3.63) is 44.1 Å². The van der Waals surface area contributed by atoms with Crippen LogP contribution in [0.4, 0.5) is 11.5 Å². The molecule has 0 saturated carbocycles. The summed E-state index contributed by atoms with van der Waals surface area (Å²) in [6.07, 6.45) is 0. The van der Waals surface area contributed by atoms with Gasteiger partial charge in [0.2, 0.25) is 0 Å². The van der Waals surface area contributed by atoms with Gasteiger partial charge in [-0.1, -0.05) is 17.7 Å². The highest BCUT2D eigenvalue weighted by molar-refractivity contribution is 14.1. The summed E-state index contributed by atoms with van der Waals surface area (Å²) in [6.45, 7) is 3.92. The maximum atomic E-state index is 5.91. The predicted octanol–water partition coefficient (Wildman–Crippen LogP) is 4.10. The lowest BCUT2D eigenvalue weighted by Crippen LogP contribution is -2.01. The molecule has 0 aliphatic carbocycles. The Labute approximate surface area is 119 Å². The topological polar surface area (TPSA) is 37.8 Å². The fourth-order valence-corrected chi connectivity index (χ4v) is 2.12. The van der Waals surface area contributed by atoms with Gasteiger partial charge in [-0.05, 0) is 65.8 Å². The zero-order chi connectivity index (χ0) is 12.4. The maximum absolute atomic E-state index is 5.91. The van der Waals surface area contributed by atoms with E-state index in [-0.39, 0.29) is 0 Å². The minimum Gasteiger partial charge on any atom is -0.338 e. The number of hydrogen-bond acceptors (Lipinski definition) is 3. The van der Waals surface area contributed by atoms with E-state index >= 15 is 0 Å². The van der Waals surface area contributed by atoms with E-state index in [1.54, 1.807) is 0 Å². The normalized spacial score (nSPS) is 10.4. The molecule has 5 heteroatoms. The van der Waals surface area contributed by atoms with Gasteiger partial charge in [0.1, 0.15) is 0 Å². The summed E-state index contributed by atoms with van der Waals surface area (Å²) in [6, 6.07) is 8.08. The molecule has 88 valence electrons. The molecule has 2 aromatic rings. The molecule has 0 atom stereocenters. The van der Waals surface area contributed by atoms with E-state index in [0.29, 0.717) is 5.15 Å². The van der Waals surface area contributed by atoms with E-state index in [9.17, 15) is 0 Å². The number of halogens is 2. The molecule has 0 aliphatic heterocycles. The van der Waals surface area contributed by atoms with Crippen molar-refractivity contribution in [1.29, 1.82) is 0 Å². The molecule has 0 spiro atoms. The van der Waals surface area contributed by atoms with E-state index < -0.39 is 0 Å². The first-order valence-electron chi connectivity index (χ1n) is 5.10. The van der Waals surface area contributed by atoms with E-state index in [1.807, 2.05) is 38.1 Å². The number of rotatable bonds is 2. The molecule has 17 heavy (non-hydrogen) atoms. The third-order valence-electron chi connectivity index (χ3n) is 2.55. The first-order chi connectivity index (χ1) is 8.08. The second kappa shape index (κ2) is 5.18. The Morgan fingerprint density at radius 1 is 1.18 bits per heavy atom. The maximum Gasteiger partial charge on any atom is 0.156 e. The summed E-state index contributed by atoms with van der Waals surface area (Å²) in [4.78, 5) is 0. The highest BCUT2D eigenvalue weighted by Crippen LogP contribution is 2.24. The molecule has 0 fully saturated rings. The van der Waals surface area contributed by atoms with Crippen molar-refractivity contribution < 1.29 is 0 Å². The lowest BCUT2D eigenvalue weighted by Gasteiger charge is -2.10. The third kappa shape index (κ3) is 2.87. The van der Waals surface area contributed by atoms with Crippen molar-refractivity contribution in [3.8, 4) is 0 Å². The van der Waals surface area contributed by atoms with Crippen LogP contribution in [0.2, 0.25) is 5.15 Å². The highest BCUT2D eigenvalue weighted by atomic mass is 127. The lowest BCUT2D eigenvalue weighted by atomic mass is 10.2. The van der Waals surface area contributed by atoms with E-state index in [4.69, 9.17) is 11.6 Å². The SMILES string of the molecule is Cc1c(Cl)nnc(Nc2cccc(I)c2)c1C. The minimum atomic E-state index is 0.454. The molecule has 1 N–H and O–H groups in total. The quantitative estimate of drug-likeness (QED) is 0.821. The fourth-order valence-electron chi connectivity index (χ4n) is 1.40. The largest absolute Gasteiger partial charge is 0.338 e. The number of aromatic nitrogens is 2.